The number of Topliss-reactive ketones (excluding diaryl/α,β-unsaturated/α-hetero) is 3. The van der Waals surface area contributed by atoms with Crippen LogP contribution >= 0.6 is 0 Å². The van der Waals surface area contributed by atoms with Crippen LogP contribution in [0.25, 0.3) is 24.3 Å². The second kappa shape index (κ2) is 35.1. The number of phenolic OH excluding ortho intramolecular Hbond substituents is 3. The maximum Gasteiger partial charge on any atom is 0.311 e. The summed E-state index contributed by atoms with van der Waals surface area (Å²) in [6.45, 7) is 25.7. The van der Waals surface area contributed by atoms with Gasteiger partial charge in [-0.15, -0.1) is 0 Å². The van der Waals surface area contributed by atoms with Crippen LogP contribution in [0.15, 0.2) is 215 Å². The molecule has 0 spiro atoms. The molecule has 0 heterocycles. The third-order valence-electron chi connectivity index (χ3n) is 15.6. The Morgan fingerprint density at radius 2 is 0.902 bits per heavy atom. The minimum atomic E-state index is -0.915. The highest BCUT2D eigenvalue weighted by Crippen LogP contribution is 2.42. The standard InChI is InChI=1S/C40H44O7.C40H46O5/c1-7-8-10-27(2)11-9-12-28(3)13-20-35-29(4)39(45)36(26-40(35,5)6)47-38(44)22-21-37(43)46-34-18-16-30(17-19-34)14-15-31-23-32(41)25-33(42)24-31;1-8-27(2)10-9-11-28(3)12-20-36-30(5)39(44)37(26-40(36,6)7)45-38(43)21-19-34(41)24-32-16-13-31(14-17-32)15-18-33-22-29(4)23-35(42)25-33/h7-20,23-25,36,41-42H,21-22,26H2,1-6H3;8-18,20,22-23,25,37,42H,19,21,24,26H2,1-7H3/b8-7+,11-9+,15-14+,20-13+,27-10+,28-12+;10-9+,18-15+,20-12+,27-8+,28-11+. The third-order valence-corrected chi connectivity index (χ3v) is 15.6. The number of carbonyl (C=O) groups is 6. The number of hydrogen-bond acceptors (Lipinski definition) is 12. The fourth-order valence-corrected chi connectivity index (χ4v) is 10.4. The largest absolute Gasteiger partial charge is 0.508 e. The fourth-order valence-electron chi connectivity index (χ4n) is 10.4. The van der Waals surface area contributed by atoms with Gasteiger partial charge in [0.2, 0.25) is 0 Å². The van der Waals surface area contributed by atoms with E-state index in [9.17, 15) is 44.1 Å². The lowest BCUT2D eigenvalue weighted by molar-refractivity contribution is -0.157. The van der Waals surface area contributed by atoms with Crippen molar-refractivity contribution in [1.29, 1.82) is 0 Å². The number of phenols is 3. The summed E-state index contributed by atoms with van der Waals surface area (Å²) in [5, 5.41) is 29.0. The molecule has 0 amide bonds. The molecule has 4 aromatic carbocycles. The number of hydrogen-bond donors (Lipinski definition) is 3. The fraction of sp³-hybridized carbons (Fsp3) is 0.300. The molecule has 0 fully saturated rings. The maximum atomic E-state index is 13.2. The number of ketones is 3. The summed E-state index contributed by atoms with van der Waals surface area (Å²) < 4.78 is 16.5. The topological polar surface area (TPSA) is 191 Å². The number of benzene rings is 4. The van der Waals surface area contributed by atoms with E-state index in [0.717, 1.165) is 55.7 Å². The molecule has 0 aromatic heterocycles. The van der Waals surface area contributed by atoms with Crippen molar-refractivity contribution in [1.82, 2.24) is 0 Å². The molecule has 482 valence electrons. The number of carbonyl (C=O) groups excluding carboxylic acids is 6. The van der Waals surface area contributed by atoms with Gasteiger partial charge in [0.25, 0.3) is 0 Å². The Bertz CT molecular complexity index is 3720. The molecule has 2 aliphatic carbocycles. The Morgan fingerprint density at radius 1 is 0.489 bits per heavy atom. The van der Waals surface area contributed by atoms with E-state index >= 15 is 0 Å². The lowest BCUT2D eigenvalue weighted by atomic mass is 9.71. The summed E-state index contributed by atoms with van der Waals surface area (Å²) in [6, 6.07) is 24.1. The molecule has 12 nitrogen and oxygen atoms in total. The number of rotatable bonds is 24. The molecule has 92 heavy (non-hydrogen) atoms. The van der Waals surface area contributed by atoms with Crippen LogP contribution in [0.2, 0.25) is 0 Å². The van der Waals surface area contributed by atoms with E-state index in [1.54, 1.807) is 62.4 Å². The summed E-state index contributed by atoms with van der Waals surface area (Å²) >= 11 is 0. The van der Waals surface area contributed by atoms with Crippen molar-refractivity contribution in [3.8, 4) is 23.0 Å². The van der Waals surface area contributed by atoms with Crippen LogP contribution in [-0.2, 0) is 44.7 Å². The maximum absolute atomic E-state index is 13.2. The normalized spacial score (nSPS) is 17.5. The van der Waals surface area contributed by atoms with Crippen molar-refractivity contribution in [3.05, 3.63) is 248 Å². The van der Waals surface area contributed by atoms with Crippen molar-refractivity contribution in [2.24, 2.45) is 10.8 Å². The highest BCUT2D eigenvalue weighted by atomic mass is 16.6. The molecule has 0 aliphatic heterocycles. The average Bonchev–Trinajstić information content (AvgIpc) is 0.802. The molecule has 0 saturated heterocycles. The van der Waals surface area contributed by atoms with Crippen molar-refractivity contribution in [2.75, 3.05) is 0 Å². The summed E-state index contributed by atoms with van der Waals surface area (Å²) in [7, 11) is 0. The molecule has 3 N–H and O–H groups in total. The van der Waals surface area contributed by atoms with Gasteiger partial charge in [0.1, 0.15) is 28.8 Å². The van der Waals surface area contributed by atoms with Crippen LogP contribution in [0.1, 0.15) is 155 Å². The van der Waals surface area contributed by atoms with Gasteiger partial charge in [-0.25, -0.2) is 0 Å². The zero-order valence-electron chi connectivity index (χ0n) is 55.6. The Kier molecular flexibility index (Phi) is 27.8. The molecule has 2 unspecified atom stereocenters. The van der Waals surface area contributed by atoms with E-state index in [2.05, 4.69) is 13.8 Å². The molecule has 2 aliphatic rings. The first-order valence-corrected chi connectivity index (χ1v) is 31.0. The molecular weight excluding hydrogens is 1150 g/mol. The highest BCUT2D eigenvalue weighted by Gasteiger charge is 2.41. The van der Waals surface area contributed by atoms with Crippen molar-refractivity contribution < 1.29 is 58.3 Å². The van der Waals surface area contributed by atoms with Gasteiger partial charge in [0, 0.05) is 31.7 Å². The van der Waals surface area contributed by atoms with Crippen LogP contribution in [0.4, 0.5) is 0 Å². The zero-order valence-corrected chi connectivity index (χ0v) is 55.6. The Morgan fingerprint density at radius 3 is 1.38 bits per heavy atom. The predicted molar refractivity (Wildman–Crippen MR) is 370 cm³/mol. The molecule has 0 saturated carbocycles. The molecule has 4 aromatic rings. The lowest BCUT2D eigenvalue weighted by Gasteiger charge is -2.36. The van der Waals surface area contributed by atoms with Crippen LogP contribution in [0, 0.1) is 17.8 Å². The molecule has 0 radical (unpaired) electrons. The average molecular weight is 1240 g/mol. The monoisotopic (exact) mass is 1240 g/mol. The van der Waals surface area contributed by atoms with E-state index in [4.69, 9.17) is 14.2 Å². The second-order valence-electron chi connectivity index (χ2n) is 24.7. The Labute approximate surface area is 544 Å². The smallest absolute Gasteiger partial charge is 0.311 e. The van der Waals surface area contributed by atoms with Gasteiger partial charge < -0.3 is 29.5 Å². The Hall–Kier alpha value is -9.68. The van der Waals surface area contributed by atoms with Gasteiger partial charge in [-0.2, -0.15) is 0 Å². The molecule has 0 bridgehead atoms. The number of allylic oxidation sites excluding steroid dienone is 20. The van der Waals surface area contributed by atoms with Gasteiger partial charge in [-0.05, 0) is 165 Å². The first-order valence-electron chi connectivity index (χ1n) is 31.0. The van der Waals surface area contributed by atoms with Crippen molar-refractivity contribution >= 4 is 59.6 Å². The zero-order chi connectivity index (χ0) is 67.7. The van der Waals surface area contributed by atoms with E-state index in [0.29, 0.717) is 35.3 Å². The van der Waals surface area contributed by atoms with Crippen molar-refractivity contribution in [2.45, 2.75) is 147 Å². The number of aromatic hydroxyl groups is 3. The lowest BCUT2D eigenvalue weighted by Crippen LogP contribution is -2.39. The second-order valence-corrected chi connectivity index (χ2v) is 24.7. The first kappa shape index (κ1) is 73.1. The number of esters is 3. The number of aryl methyl sites for hydroxylation is 1. The van der Waals surface area contributed by atoms with Crippen LogP contribution in [-0.4, -0.2) is 62.8 Å². The predicted octanol–water partition coefficient (Wildman–Crippen LogP) is 17.8. The molecular formula is C80H90O12. The quantitative estimate of drug-likeness (QED) is 0.0261. The third kappa shape index (κ3) is 24.3. The summed E-state index contributed by atoms with van der Waals surface area (Å²) in [6.07, 6.45) is 34.2. The SMILES string of the molecule is C/C=C(C)/C=C/C=C(C)/C=C/C1=C(C)C(=O)C(OC(=O)CCC(=O)Cc2ccc(/C=C/c3cc(C)cc(O)c3)cc2)CC1(C)C.C/C=C/C=C(C)/C=C/C=C(C)/C=C/C1=C(C)C(=O)C(OC(=O)CCC(=O)Oc2ccc(/C=C/c3cc(O)cc(O)c3)cc2)CC1(C)C. The summed E-state index contributed by atoms with van der Waals surface area (Å²) in [5.41, 5.74) is 11.8. The molecule has 2 atom stereocenters. The van der Waals surface area contributed by atoms with E-state index in [1.165, 1.54) is 23.8 Å². The van der Waals surface area contributed by atoms with Gasteiger partial charge >= 0.3 is 17.9 Å². The van der Waals surface area contributed by atoms with Gasteiger partial charge in [-0.3, -0.25) is 28.8 Å². The minimum Gasteiger partial charge on any atom is -0.508 e. The van der Waals surface area contributed by atoms with Gasteiger partial charge in [0.15, 0.2) is 23.8 Å². The summed E-state index contributed by atoms with van der Waals surface area (Å²) in [5.74, 6) is -1.78. The molecule has 6 rings (SSSR count). The highest BCUT2D eigenvalue weighted by molar-refractivity contribution is 6.02. The van der Waals surface area contributed by atoms with E-state index < -0.39 is 35.5 Å². The van der Waals surface area contributed by atoms with Crippen molar-refractivity contribution in [3.63, 3.8) is 0 Å². The summed E-state index contributed by atoms with van der Waals surface area (Å²) in [4.78, 5) is 76.7. The Balaban J connectivity index is 0.000000334. The minimum absolute atomic E-state index is 0.0404. The van der Waals surface area contributed by atoms with E-state index in [-0.39, 0.29) is 72.1 Å². The van der Waals surface area contributed by atoms with Gasteiger partial charge in [-0.1, -0.05) is 202 Å². The van der Waals surface area contributed by atoms with Crippen LogP contribution in [0.5, 0.6) is 23.0 Å². The van der Waals surface area contributed by atoms with Crippen LogP contribution in [0.3, 0.4) is 0 Å². The van der Waals surface area contributed by atoms with E-state index in [1.807, 2.05) is 190 Å². The first-order chi connectivity index (χ1) is 43.5. The molecule has 12 heteroatoms. The number of ether oxygens (including phenoxy) is 3. The van der Waals surface area contributed by atoms with Crippen LogP contribution < -0.4 is 4.74 Å². The van der Waals surface area contributed by atoms with Gasteiger partial charge in [0.05, 0.1) is 19.3 Å².